The lowest BCUT2D eigenvalue weighted by Gasteiger charge is -2.20. The van der Waals surface area contributed by atoms with Gasteiger partial charge in [-0.2, -0.15) is 0 Å². The third kappa shape index (κ3) is 5.42. The molecule has 0 fully saturated rings. The van der Waals surface area contributed by atoms with Crippen LogP contribution in [-0.4, -0.2) is 23.4 Å². The molecule has 27 heavy (non-hydrogen) atoms. The van der Waals surface area contributed by atoms with Gasteiger partial charge in [0.05, 0.1) is 34.6 Å². The van der Waals surface area contributed by atoms with Crippen LogP contribution in [0.4, 0.5) is 5.69 Å². The Morgan fingerprint density at radius 2 is 1.89 bits per heavy atom. The summed E-state index contributed by atoms with van der Waals surface area (Å²) < 4.78 is 4.95. The zero-order valence-electron chi connectivity index (χ0n) is 14.3. The van der Waals surface area contributed by atoms with Crippen LogP contribution in [0.1, 0.15) is 35.3 Å². The number of carbonyl (C=O) groups excluding carboxylic acids is 2. The molecule has 2 aromatic carbocycles. The molecule has 0 saturated carbocycles. The van der Waals surface area contributed by atoms with E-state index < -0.39 is 22.8 Å². The number of carbonyl (C=O) groups is 2. The number of halogens is 2. The Morgan fingerprint density at radius 3 is 2.48 bits per heavy atom. The van der Waals surface area contributed by atoms with Crippen molar-refractivity contribution in [1.82, 2.24) is 5.32 Å². The number of nitro benzene ring substituents is 1. The summed E-state index contributed by atoms with van der Waals surface area (Å²) in [7, 11) is 0. The Kier molecular flexibility index (Phi) is 7.15. The number of esters is 1. The Morgan fingerprint density at radius 1 is 1.19 bits per heavy atom. The van der Waals surface area contributed by atoms with Crippen molar-refractivity contribution in [2.45, 2.75) is 19.4 Å². The molecular formula is C18H16Cl2N2O5. The molecule has 0 aromatic heterocycles. The van der Waals surface area contributed by atoms with Crippen molar-refractivity contribution in [1.29, 1.82) is 0 Å². The predicted molar refractivity (Wildman–Crippen MR) is 101 cm³/mol. The molecule has 0 aliphatic carbocycles. The van der Waals surface area contributed by atoms with Crippen molar-refractivity contribution in [3.63, 3.8) is 0 Å². The van der Waals surface area contributed by atoms with Crippen LogP contribution in [0.25, 0.3) is 0 Å². The van der Waals surface area contributed by atoms with Gasteiger partial charge in [0.15, 0.2) is 0 Å². The van der Waals surface area contributed by atoms with E-state index in [2.05, 4.69) is 5.32 Å². The third-order valence-corrected chi connectivity index (χ3v) is 4.33. The van der Waals surface area contributed by atoms with Gasteiger partial charge in [-0.15, -0.1) is 0 Å². The first kappa shape index (κ1) is 20.7. The van der Waals surface area contributed by atoms with E-state index >= 15 is 0 Å². The zero-order valence-corrected chi connectivity index (χ0v) is 15.8. The minimum absolute atomic E-state index is 0.0446. The Bertz CT molecular complexity index is 873. The highest BCUT2D eigenvalue weighted by Crippen LogP contribution is 2.27. The maximum atomic E-state index is 12.6. The predicted octanol–water partition coefficient (Wildman–Crippen LogP) is 4.33. The Hall–Kier alpha value is -2.64. The maximum absolute atomic E-state index is 12.6. The second-order valence-corrected chi connectivity index (χ2v) is 6.29. The lowest BCUT2D eigenvalue weighted by atomic mass is 10.0. The highest BCUT2D eigenvalue weighted by atomic mass is 35.5. The summed E-state index contributed by atoms with van der Waals surface area (Å²) in [5.74, 6) is -1.10. The molecule has 0 spiro atoms. The minimum atomic E-state index is -0.753. The van der Waals surface area contributed by atoms with Gasteiger partial charge in [0.1, 0.15) is 0 Å². The van der Waals surface area contributed by atoms with Crippen LogP contribution in [0.3, 0.4) is 0 Å². The monoisotopic (exact) mass is 410 g/mol. The van der Waals surface area contributed by atoms with Gasteiger partial charge in [-0.1, -0.05) is 41.4 Å². The van der Waals surface area contributed by atoms with E-state index in [1.807, 2.05) is 0 Å². The summed E-state index contributed by atoms with van der Waals surface area (Å²) in [6.45, 7) is 1.88. The molecule has 1 atom stereocenters. The van der Waals surface area contributed by atoms with Crippen molar-refractivity contribution in [3.05, 3.63) is 73.8 Å². The van der Waals surface area contributed by atoms with Gasteiger partial charge in [-0.25, -0.2) is 0 Å². The van der Waals surface area contributed by atoms with Gasteiger partial charge in [0, 0.05) is 17.2 Å². The second-order valence-electron chi connectivity index (χ2n) is 5.48. The summed E-state index contributed by atoms with van der Waals surface area (Å²) in [6.07, 6.45) is -0.131. The number of rotatable bonds is 7. The lowest BCUT2D eigenvalue weighted by molar-refractivity contribution is -0.384. The molecular weight excluding hydrogens is 395 g/mol. The number of amides is 1. The molecule has 0 heterocycles. The molecule has 0 aliphatic heterocycles. The van der Waals surface area contributed by atoms with Crippen molar-refractivity contribution >= 4 is 40.8 Å². The number of hydrogen-bond donors (Lipinski definition) is 1. The Balaban J connectivity index is 2.29. The van der Waals surface area contributed by atoms with Crippen LogP contribution in [0.5, 0.6) is 0 Å². The van der Waals surface area contributed by atoms with Crippen LogP contribution < -0.4 is 5.32 Å². The quantitative estimate of drug-likeness (QED) is 0.416. The van der Waals surface area contributed by atoms with Gasteiger partial charge in [0.2, 0.25) is 0 Å². The number of nitrogens with one attached hydrogen (secondary N) is 1. The molecule has 0 saturated heterocycles. The van der Waals surface area contributed by atoms with Crippen molar-refractivity contribution < 1.29 is 19.2 Å². The molecule has 9 heteroatoms. The van der Waals surface area contributed by atoms with Gasteiger partial charge in [0.25, 0.3) is 11.6 Å². The van der Waals surface area contributed by atoms with E-state index in [1.54, 1.807) is 31.2 Å². The van der Waals surface area contributed by atoms with E-state index in [9.17, 15) is 19.7 Å². The largest absolute Gasteiger partial charge is 0.466 e. The Labute approximate surface area is 165 Å². The smallest absolute Gasteiger partial charge is 0.308 e. The molecule has 2 rings (SSSR count). The van der Waals surface area contributed by atoms with Crippen molar-refractivity contribution in [2.75, 3.05) is 6.61 Å². The molecule has 0 aliphatic rings. The molecule has 1 N–H and O–H groups in total. The maximum Gasteiger partial charge on any atom is 0.308 e. The normalized spacial score (nSPS) is 11.5. The number of non-ortho nitro benzene ring substituents is 1. The van der Waals surface area contributed by atoms with E-state index in [1.165, 1.54) is 12.1 Å². The number of nitro groups is 1. The topological polar surface area (TPSA) is 98.5 Å². The van der Waals surface area contributed by atoms with E-state index in [0.29, 0.717) is 10.6 Å². The fourth-order valence-corrected chi connectivity index (χ4v) is 2.95. The molecule has 2 aromatic rings. The number of ether oxygens (including phenoxy) is 1. The van der Waals surface area contributed by atoms with Crippen molar-refractivity contribution in [3.8, 4) is 0 Å². The van der Waals surface area contributed by atoms with E-state index in [0.717, 1.165) is 6.07 Å². The van der Waals surface area contributed by atoms with Crippen LogP contribution >= 0.6 is 23.2 Å². The molecule has 1 amide bonds. The lowest BCUT2D eigenvalue weighted by Crippen LogP contribution is -2.31. The average molecular weight is 411 g/mol. The highest BCUT2D eigenvalue weighted by Gasteiger charge is 2.23. The van der Waals surface area contributed by atoms with Gasteiger partial charge >= 0.3 is 5.97 Å². The first-order chi connectivity index (χ1) is 12.8. The SMILES string of the molecule is CCOC(=O)C[C@@H](NC(=O)c1ccc([N+](=O)[O-])cc1Cl)c1ccccc1Cl. The fourth-order valence-electron chi connectivity index (χ4n) is 2.42. The number of benzene rings is 2. The molecule has 0 unspecified atom stereocenters. The molecule has 7 nitrogen and oxygen atoms in total. The molecule has 0 radical (unpaired) electrons. The third-order valence-electron chi connectivity index (χ3n) is 3.67. The van der Waals surface area contributed by atoms with Gasteiger partial charge in [-0.3, -0.25) is 19.7 Å². The number of nitrogens with zero attached hydrogens (tertiary/aromatic N) is 1. The van der Waals surface area contributed by atoms with E-state index in [-0.39, 0.29) is 29.3 Å². The summed E-state index contributed by atoms with van der Waals surface area (Å²) >= 11 is 12.2. The standard InChI is InChI=1S/C18H16Cl2N2O5/c1-2-27-17(23)10-16(12-5-3-4-6-14(12)19)21-18(24)13-8-7-11(22(25)26)9-15(13)20/h3-9,16H,2,10H2,1H3,(H,21,24)/t16-/m1/s1. The van der Waals surface area contributed by atoms with Gasteiger partial charge in [-0.05, 0) is 24.6 Å². The first-order valence-corrected chi connectivity index (χ1v) is 8.74. The summed E-state index contributed by atoms with van der Waals surface area (Å²) in [5.41, 5.74) is 0.354. The van der Waals surface area contributed by atoms with Crippen molar-refractivity contribution in [2.24, 2.45) is 0 Å². The fraction of sp³-hybridized carbons (Fsp3) is 0.222. The van der Waals surface area contributed by atoms with Crippen LogP contribution in [-0.2, 0) is 9.53 Å². The first-order valence-electron chi connectivity index (χ1n) is 7.98. The van der Waals surface area contributed by atoms with E-state index in [4.69, 9.17) is 27.9 Å². The van der Waals surface area contributed by atoms with Gasteiger partial charge < -0.3 is 10.1 Å². The number of hydrogen-bond acceptors (Lipinski definition) is 5. The molecule has 0 bridgehead atoms. The van der Waals surface area contributed by atoms with Crippen LogP contribution in [0.15, 0.2) is 42.5 Å². The average Bonchev–Trinajstić information content (AvgIpc) is 2.61. The molecule has 142 valence electrons. The zero-order chi connectivity index (χ0) is 20.0. The summed E-state index contributed by atoms with van der Waals surface area (Å²) in [5, 5.41) is 13.8. The second kappa shape index (κ2) is 9.34. The van der Waals surface area contributed by atoms with Crippen LogP contribution in [0, 0.1) is 10.1 Å². The summed E-state index contributed by atoms with van der Waals surface area (Å²) in [4.78, 5) is 34.7. The minimum Gasteiger partial charge on any atom is -0.466 e. The van der Waals surface area contributed by atoms with Crippen LogP contribution in [0.2, 0.25) is 10.0 Å². The highest BCUT2D eigenvalue weighted by molar-refractivity contribution is 6.34. The summed E-state index contributed by atoms with van der Waals surface area (Å²) in [6, 6.07) is 9.54.